The van der Waals surface area contributed by atoms with Crippen molar-refractivity contribution >= 4 is 34.3 Å². The minimum absolute atomic E-state index is 0.598. The zero-order chi connectivity index (χ0) is 14.7. The summed E-state index contributed by atoms with van der Waals surface area (Å²) in [5.74, 6) is 0. The van der Waals surface area contributed by atoms with E-state index in [0.717, 1.165) is 38.5 Å². The number of ether oxygens (including phenoxy) is 1. The number of morpholine rings is 1. The molecule has 1 saturated heterocycles. The smallest absolute Gasteiger partial charge is 0.183 e. The molecule has 1 aromatic carbocycles. The number of halogens is 1. The maximum Gasteiger partial charge on any atom is 0.183 e. The van der Waals surface area contributed by atoms with E-state index in [1.54, 1.807) is 0 Å². The van der Waals surface area contributed by atoms with Crippen molar-refractivity contribution in [1.82, 2.24) is 4.98 Å². The largest absolute Gasteiger partial charge is 0.378 e. The number of rotatable bonds is 4. The van der Waals surface area contributed by atoms with Crippen molar-refractivity contribution in [2.45, 2.75) is 6.54 Å². The first-order valence-electron chi connectivity index (χ1n) is 6.96. The molecule has 3 rings (SSSR count). The van der Waals surface area contributed by atoms with Gasteiger partial charge in [0.15, 0.2) is 4.47 Å². The Morgan fingerprint density at radius 1 is 1.29 bits per heavy atom. The van der Waals surface area contributed by atoms with Crippen LogP contribution in [-0.4, -0.2) is 38.3 Å². The van der Waals surface area contributed by atoms with Crippen LogP contribution < -0.4 is 9.80 Å². The Bertz CT molecular complexity index is 581. The quantitative estimate of drug-likeness (QED) is 0.863. The van der Waals surface area contributed by atoms with Crippen LogP contribution in [0.4, 0.5) is 11.4 Å². The van der Waals surface area contributed by atoms with Crippen molar-refractivity contribution < 1.29 is 4.74 Å². The summed E-state index contributed by atoms with van der Waals surface area (Å²) in [5.41, 5.74) is 3.44. The van der Waals surface area contributed by atoms with Gasteiger partial charge in [-0.1, -0.05) is 11.6 Å². The Kier molecular flexibility index (Phi) is 4.63. The predicted molar refractivity (Wildman–Crippen MR) is 88.7 cm³/mol. The van der Waals surface area contributed by atoms with Crippen molar-refractivity contribution in [1.29, 1.82) is 0 Å². The molecule has 1 aromatic heterocycles. The Morgan fingerprint density at radius 2 is 2.00 bits per heavy atom. The maximum atomic E-state index is 5.87. The van der Waals surface area contributed by atoms with E-state index in [1.807, 2.05) is 5.38 Å². The standard InChI is InChI=1S/C15H18ClN3OS/c1-18(10-12-11-21-15(16)17-12)13-2-4-14(5-3-13)19-6-8-20-9-7-19/h2-5,11H,6-10H2,1H3. The van der Waals surface area contributed by atoms with Crippen LogP contribution in [0.2, 0.25) is 4.47 Å². The SMILES string of the molecule is CN(Cc1csc(Cl)n1)c1ccc(N2CCOCC2)cc1. The van der Waals surface area contributed by atoms with Crippen LogP contribution in [0.5, 0.6) is 0 Å². The van der Waals surface area contributed by atoms with Crippen LogP contribution in [0.15, 0.2) is 29.6 Å². The van der Waals surface area contributed by atoms with Gasteiger partial charge in [0.05, 0.1) is 25.5 Å². The van der Waals surface area contributed by atoms with E-state index in [2.05, 4.69) is 46.1 Å². The second-order valence-electron chi connectivity index (χ2n) is 5.06. The highest BCUT2D eigenvalue weighted by molar-refractivity contribution is 7.13. The van der Waals surface area contributed by atoms with Gasteiger partial charge in [-0.25, -0.2) is 4.98 Å². The Hall–Kier alpha value is -1.30. The zero-order valence-electron chi connectivity index (χ0n) is 12.0. The molecule has 21 heavy (non-hydrogen) atoms. The van der Waals surface area contributed by atoms with E-state index in [9.17, 15) is 0 Å². The summed E-state index contributed by atoms with van der Waals surface area (Å²) >= 11 is 7.34. The van der Waals surface area contributed by atoms with Gasteiger partial charge in [0.2, 0.25) is 0 Å². The molecule has 0 bridgehead atoms. The molecule has 0 aliphatic carbocycles. The van der Waals surface area contributed by atoms with Crippen LogP contribution >= 0.6 is 22.9 Å². The molecule has 112 valence electrons. The molecular formula is C15H18ClN3OS. The number of hydrogen-bond acceptors (Lipinski definition) is 5. The molecule has 2 aromatic rings. The molecule has 1 fully saturated rings. The average molecular weight is 324 g/mol. The lowest BCUT2D eigenvalue weighted by Gasteiger charge is -2.29. The monoisotopic (exact) mass is 323 g/mol. The summed E-state index contributed by atoms with van der Waals surface area (Å²) in [4.78, 5) is 8.82. The second kappa shape index (κ2) is 6.64. The summed E-state index contributed by atoms with van der Waals surface area (Å²) in [6.45, 7) is 4.32. The summed E-state index contributed by atoms with van der Waals surface area (Å²) in [6, 6.07) is 8.65. The molecule has 0 N–H and O–H groups in total. The van der Waals surface area contributed by atoms with E-state index in [4.69, 9.17) is 16.3 Å². The molecule has 0 saturated carbocycles. The first-order chi connectivity index (χ1) is 10.2. The van der Waals surface area contributed by atoms with Gasteiger partial charge in [0, 0.05) is 36.9 Å². The summed E-state index contributed by atoms with van der Waals surface area (Å²) in [6.07, 6.45) is 0. The Balaban J connectivity index is 1.65. The predicted octanol–water partition coefficient (Wildman–Crippen LogP) is 3.27. The van der Waals surface area contributed by atoms with Crippen LogP contribution in [0.25, 0.3) is 0 Å². The van der Waals surface area contributed by atoms with Gasteiger partial charge in [-0.3, -0.25) is 0 Å². The van der Waals surface area contributed by atoms with Crippen molar-refractivity contribution in [3.8, 4) is 0 Å². The number of benzene rings is 1. The third kappa shape index (κ3) is 3.67. The molecule has 1 aliphatic heterocycles. The molecule has 0 amide bonds. The molecule has 6 heteroatoms. The van der Waals surface area contributed by atoms with Crippen LogP contribution in [-0.2, 0) is 11.3 Å². The van der Waals surface area contributed by atoms with Crippen molar-refractivity contribution in [3.63, 3.8) is 0 Å². The lowest BCUT2D eigenvalue weighted by Crippen LogP contribution is -2.36. The van der Waals surface area contributed by atoms with Crippen LogP contribution in [0.1, 0.15) is 5.69 Å². The van der Waals surface area contributed by atoms with E-state index in [0.29, 0.717) is 4.47 Å². The Labute approximate surface area is 133 Å². The molecule has 2 heterocycles. The molecular weight excluding hydrogens is 306 g/mol. The van der Waals surface area contributed by atoms with Crippen LogP contribution in [0, 0.1) is 0 Å². The number of nitrogens with zero attached hydrogens (tertiary/aromatic N) is 3. The number of anilines is 2. The van der Waals surface area contributed by atoms with Gasteiger partial charge in [-0.2, -0.15) is 0 Å². The fourth-order valence-corrected chi connectivity index (χ4v) is 3.20. The molecule has 0 spiro atoms. The van der Waals surface area contributed by atoms with Crippen molar-refractivity contribution in [2.24, 2.45) is 0 Å². The molecule has 0 unspecified atom stereocenters. The lowest BCUT2D eigenvalue weighted by molar-refractivity contribution is 0.122. The van der Waals surface area contributed by atoms with E-state index >= 15 is 0 Å². The van der Waals surface area contributed by atoms with Gasteiger partial charge < -0.3 is 14.5 Å². The van der Waals surface area contributed by atoms with E-state index in [1.165, 1.54) is 22.7 Å². The maximum absolute atomic E-state index is 5.87. The minimum atomic E-state index is 0.598. The highest BCUT2D eigenvalue weighted by Gasteiger charge is 2.11. The molecule has 4 nitrogen and oxygen atoms in total. The average Bonchev–Trinajstić information content (AvgIpc) is 2.93. The summed E-state index contributed by atoms with van der Waals surface area (Å²) in [5, 5.41) is 2.00. The van der Waals surface area contributed by atoms with E-state index in [-0.39, 0.29) is 0 Å². The van der Waals surface area contributed by atoms with Gasteiger partial charge in [0.25, 0.3) is 0 Å². The van der Waals surface area contributed by atoms with E-state index < -0.39 is 0 Å². The van der Waals surface area contributed by atoms with Gasteiger partial charge in [-0.15, -0.1) is 11.3 Å². The fraction of sp³-hybridized carbons (Fsp3) is 0.400. The van der Waals surface area contributed by atoms with Crippen molar-refractivity contribution in [2.75, 3.05) is 43.2 Å². The van der Waals surface area contributed by atoms with Gasteiger partial charge in [0.1, 0.15) is 0 Å². The number of thiazole rings is 1. The molecule has 1 aliphatic rings. The highest BCUT2D eigenvalue weighted by atomic mass is 35.5. The Morgan fingerprint density at radius 3 is 2.62 bits per heavy atom. The second-order valence-corrected chi connectivity index (χ2v) is 6.50. The lowest BCUT2D eigenvalue weighted by atomic mass is 10.2. The van der Waals surface area contributed by atoms with Gasteiger partial charge in [-0.05, 0) is 24.3 Å². The third-order valence-corrected chi connectivity index (χ3v) is 4.62. The number of hydrogen-bond donors (Lipinski definition) is 0. The minimum Gasteiger partial charge on any atom is -0.378 e. The van der Waals surface area contributed by atoms with Crippen molar-refractivity contribution in [3.05, 3.63) is 39.8 Å². The highest BCUT2D eigenvalue weighted by Crippen LogP contribution is 2.23. The first-order valence-corrected chi connectivity index (χ1v) is 8.22. The summed E-state index contributed by atoms with van der Waals surface area (Å²) < 4.78 is 5.98. The normalized spacial score (nSPS) is 15.2. The third-order valence-electron chi connectivity index (χ3n) is 3.59. The van der Waals surface area contributed by atoms with Gasteiger partial charge >= 0.3 is 0 Å². The zero-order valence-corrected chi connectivity index (χ0v) is 13.5. The summed E-state index contributed by atoms with van der Waals surface area (Å²) in [7, 11) is 2.07. The molecule has 0 radical (unpaired) electrons. The molecule has 0 atom stereocenters. The van der Waals surface area contributed by atoms with Crippen LogP contribution in [0.3, 0.4) is 0 Å². The first kappa shape index (κ1) is 14.6. The fourth-order valence-electron chi connectivity index (χ4n) is 2.43. The number of aromatic nitrogens is 1. The topological polar surface area (TPSA) is 28.6 Å².